The zero-order chi connectivity index (χ0) is 21.6. The number of hydrogen-bond acceptors (Lipinski definition) is 5. The van der Waals surface area contributed by atoms with Crippen LogP contribution in [0.5, 0.6) is 0 Å². The number of piperidine rings is 1. The third-order valence-electron chi connectivity index (χ3n) is 6.28. The number of nitrogens with one attached hydrogen (secondary N) is 1. The summed E-state index contributed by atoms with van der Waals surface area (Å²) in [6.07, 6.45) is 3.99. The lowest BCUT2D eigenvalue weighted by molar-refractivity contribution is -0.133. The lowest BCUT2D eigenvalue weighted by Gasteiger charge is -2.34. The molecule has 1 N–H and O–H groups in total. The van der Waals surface area contributed by atoms with Crippen molar-refractivity contribution in [3.8, 4) is 0 Å². The number of benzene rings is 1. The number of hydrogen-bond donors (Lipinski definition) is 1. The van der Waals surface area contributed by atoms with Gasteiger partial charge in [-0.1, -0.05) is 18.2 Å². The highest BCUT2D eigenvalue weighted by molar-refractivity contribution is 6.06. The molecule has 1 unspecified atom stereocenters. The van der Waals surface area contributed by atoms with Gasteiger partial charge in [0.25, 0.3) is 5.91 Å². The van der Waals surface area contributed by atoms with Gasteiger partial charge in [-0.2, -0.15) is 5.10 Å². The lowest BCUT2D eigenvalue weighted by Crippen LogP contribution is -2.42. The predicted octanol–water partition coefficient (Wildman–Crippen LogP) is 2.11. The quantitative estimate of drug-likeness (QED) is 0.767. The summed E-state index contributed by atoms with van der Waals surface area (Å²) in [5, 5.41) is 7.22. The molecule has 4 rings (SSSR count). The minimum absolute atomic E-state index is 0.0895. The zero-order valence-electron chi connectivity index (χ0n) is 18.1. The maximum atomic E-state index is 13.1. The molecule has 8 nitrogen and oxygen atoms in total. The molecule has 31 heavy (non-hydrogen) atoms. The van der Waals surface area contributed by atoms with Gasteiger partial charge in [0, 0.05) is 57.8 Å². The third kappa shape index (κ3) is 5.14. The number of aromatic nitrogens is 2. The molecular weight excluding hydrogens is 394 g/mol. The van der Waals surface area contributed by atoms with Crippen molar-refractivity contribution in [2.75, 3.05) is 57.9 Å². The van der Waals surface area contributed by atoms with Crippen molar-refractivity contribution in [2.45, 2.75) is 25.2 Å². The van der Waals surface area contributed by atoms with Gasteiger partial charge >= 0.3 is 0 Å². The summed E-state index contributed by atoms with van der Waals surface area (Å²) in [6, 6.07) is 9.58. The average Bonchev–Trinajstić information content (AvgIpc) is 3.33. The monoisotopic (exact) mass is 425 g/mol. The van der Waals surface area contributed by atoms with E-state index in [9.17, 15) is 9.59 Å². The number of rotatable bonds is 6. The molecule has 2 aliphatic rings. The van der Waals surface area contributed by atoms with E-state index in [-0.39, 0.29) is 17.7 Å². The lowest BCUT2D eigenvalue weighted by atomic mass is 9.92. The fourth-order valence-electron chi connectivity index (χ4n) is 4.40. The Morgan fingerprint density at radius 2 is 1.97 bits per heavy atom. The Kier molecular flexibility index (Phi) is 6.99. The second-order valence-electron chi connectivity index (χ2n) is 8.28. The Bertz CT molecular complexity index is 878. The van der Waals surface area contributed by atoms with Crippen molar-refractivity contribution < 1.29 is 14.3 Å². The largest absolute Gasteiger partial charge is 0.379 e. The predicted molar refractivity (Wildman–Crippen MR) is 118 cm³/mol. The summed E-state index contributed by atoms with van der Waals surface area (Å²) in [5.74, 6) is 0.183. The third-order valence-corrected chi connectivity index (χ3v) is 6.28. The number of carbonyl (C=O) groups excluding carboxylic acids is 2. The van der Waals surface area contributed by atoms with Crippen LogP contribution in [0.3, 0.4) is 0 Å². The number of H-pyrrole nitrogens is 1. The second kappa shape index (κ2) is 10.1. The number of ether oxygens (including phenoxy) is 1. The number of morpholine rings is 1. The van der Waals surface area contributed by atoms with E-state index in [1.54, 1.807) is 18.1 Å². The standard InChI is InChI=1S/C23H31N5O3/c1-26(19-7-3-2-4-8-19)23(30)20-16-24-25-22(20)18-6-5-10-28(17-18)21(29)9-11-27-12-14-31-15-13-27/h2-4,7-8,16,18H,5-6,9-15,17H2,1H3,(H,24,25). The van der Waals surface area contributed by atoms with Gasteiger partial charge in [-0.25, -0.2) is 0 Å². The van der Waals surface area contributed by atoms with E-state index in [1.165, 1.54) is 0 Å². The molecule has 1 aromatic heterocycles. The number of para-hydroxylation sites is 1. The van der Waals surface area contributed by atoms with Crippen LogP contribution in [0.4, 0.5) is 5.69 Å². The van der Waals surface area contributed by atoms with Crippen LogP contribution in [-0.4, -0.2) is 84.8 Å². The average molecular weight is 426 g/mol. The van der Waals surface area contributed by atoms with Gasteiger partial charge in [0.2, 0.25) is 5.91 Å². The topological polar surface area (TPSA) is 81.8 Å². The SMILES string of the molecule is CN(C(=O)c1cn[nH]c1C1CCCN(C(=O)CCN2CCOCC2)C1)c1ccccc1. The van der Waals surface area contributed by atoms with Gasteiger partial charge in [-0.3, -0.25) is 19.6 Å². The smallest absolute Gasteiger partial charge is 0.261 e. The van der Waals surface area contributed by atoms with Crippen molar-refractivity contribution in [1.82, 2.24) is 20.0 Å². The van der Waals surface area contributed by atoms with E-state index in [4.69, 9.17) is 4.74 Å². The number of likely N-dealkylation sites (tertiary alicyclic amines) is 1. The highest BCUT2D eigenvalue weighted by atomic mass is 16.5. The minimum Gasteiger partial charge on any atom is -0.379 e. The van der Waals surface area contributed by atoms with Crippen LogP contribution >= 0.6 is 0 Å². The van der Waals surface area contributed by atoms with Crippen LogP contribution in [0.25, 0.3) is 0 Å². The first-order valence-electron chi connectivity index (χ1n) is 11.1. The Morgan fingerprint density at radius 3 is 2.74 bits per heavy atom. The Balaban J connectivity index is 1.39. The van der Waals surface area contributed by atoms with Crippen molar-refractivity contribution in [2.24, 2.45) is 0 Å². The molecule has 0 bridgehead atoms. The van der Waals surface area contributed by atoms with E-state index in [0.29, 0.717) is 18.5 Å². The van der Waals surface area contributed by atoms with Crippen molar-refractivity contribution >= 4 is 17.5 Å². The second-order valence-corrected chi connectivity index (χ2v) is 8.28. The first kappa shape index (κ1) is 21.5. The number of carbonyl (C=O) groups is 2. The van der Waals surface area contributed by atoms with E-state index in [1.807, 2.05) is 35.2 Å². The zero-order valence-corrected chi connectivity index (χ0v) is 18.1. The van der Waals surface area contributed by atoms with Crippen LogP contribution in [0.1, 0.15) is 41.2 Å². The Hall–Kier alpha value is -2.71. The maximum absolute atomic E-state index is 13.1. The molecular formula is C23H31N5O3. The van der Waals surface area contributed by atoms with E-state index in [0.717, 1.165) is 63.6 Å². The Labute approximate surface area is 183 Å². The van der Waals surface area contributed by atoms with Gasteiger partial charge in [0.1, 0.15) is 0 Å². The van der Waals surface area contributed by atoms with Crippen LogP contribution in [-0.2, 0) is 9.53 Å². The number of aromatic amines is 1. The highest BCUT2D eigenvalue weighted by Crippen LogP contribution is 2.29. The van der Waals surface area contributed by atoms with Gasteiger partial charge in [-0.15, -0.1) is 0 Å². The summed E-state index contributed by atoms with van der Waals surface area (Å²) >= 11 is 0. The summed E-state index contributed by atoms with van der Waals surface area (Å²) in [7, 11) is 1.77. The van der Waals surface area contributed by atoms with Crippen molar-refractivity contribution in [1.29, 1.82) is 0 Å². The maximum Gasteiger partial charge on any atom is 0.261 e. The molecule has 0 aliphatic carbocycles. The number of amides is 2. The molecule has 1 atom stereocenters. The minimum atomic E-state index is -0.0919. The van der Waals surface area contributed by atoms with Crippen LogP contribution in [0, 0.1) is 0 Å². The molecule has 0 spiro atoms. The molecule has 0 radical (unpaired) electrons. The summed E-state index contributed by atoms with van der Waals surface area (Å²) in [6.45, 7) is 5.45. The molecule has 0 saturated carbocycles. The van der Waals surface area contributed by atoms with Crippen molar-refractivity contribution in [3.05, 3.63) is 47.8 Å². The fraction of sp³-hybridized carbons (Fsp3) is 0.522. The van der Waals surface area contributed by atoms with Crippen LogP contribution in [0.2, 0.25) is 0 Å². The Morgan fingerprint density at radius 1 is 1.19 bits per heavy atom. The van der Waals surface area contributed by atoms with Crippen LogP contribution < -0.4 is 4.90 Å². The highest BCUT2D eigenvalue weighted by Gasteiger charge is 2.30. The molecule has 8 heteroatoms. The van der Waals surface area contributed by atoms with E-state index >= 15 is 0 Å². The summed E-state index contributed by atoms with van der Waals surface area (Å²) < 4.78 is 5.38. The first-order chi connectivity index (χ1) is 15.1. The van der Waals surface area contributed by atoms with E-state index in [2.05, 4.69) is 15.1 Å². The first-order valence-corrected chi connectivity index (χ1v) is 11.1. The summed E-state index contributed by atoms with van der Waals surface area (Å²) in [4.78, 5) is 31.8. The van der Waals surface area contributed by atoms with Crippen molar-refractivity contribution in [3.63, 3.8) is 0 Å². The number of anilines is 1. The molecule has 166 valence electrons. The van der Waals surface area contributed by atoms with Gasteiger partial charge < -0.3 is 14.5 Å². The molecule has 2 aliphatic heterocycles. The molecule has 1 aromatic carbocycles. The van der Waals surface area contributed by atoms with E-state index < -0.39 is 0 Å². The van der Waals surface area contributed by atoms with Gasteiger partial charge in [0.15, 0.2) is 0 Å². The molecule has 2 saturated heterocycles. The molecule has 2 fully saturated rings. The van der Waals surface area contributed by atoms with Crippen LogP contribution in [0.15, 0.2) is 36.5 Å². The molecule has 2 amide bonds. The van der Waals surface area contributed by atoms with Gasteiger partial charge in [-0.05, 0) is 25.0 Å². The fourth-order valence-corrected chi connectivity index (χ4v) is 4.40. The molecule has 2 aromatic rings. The normalized spacial score (nSPS) is 19.9. The number of nitrogens with zero attached hydrogens (tertiary/aromatic N) is 4. The summed E-state index contributed by atoms with van der Waals surface area (Å²) in [5.41, 5.74) is 2.25. The molecule has 3 heterocycles. The van der Waals surface area contributed by atoms with Gasteiger partial charge in [0.05, 0.1) is 30.7 Å².